The van der Waals surface area contributed by atoms with E-state index in [0.29, 0.717) is 23.5 Å². The van der Waals surface area contributed by atoms with E-state index >= 15 is 0 Å². The second kappa shape index (κ2) is 6.68. The van der Waals surface area contributed by atoms with E-state index in [9.17, 15) is 4.79 Å². The van der Waals surface area contributed by atoms with Crippen LogP contribution in [0.5, 0.6) is 0 Å². The highest BCUT2D eigenvalue weighted by atomic mass is 16.1. The molecule has 1 fully saturated rings. The van der Waals surface area contributed by atoms with Gasteiger partial charge in [0.1, 0.15) is 17.3 Å². The van der Waals surface area contributed by atoms with Gasteiger partial charge in [-0.05, 0) is 25.7 Å². The number of anilines is 1. The molecule has 0 spiro atoms. The summed E-state index contributed by atoms with van der Waals surface area (Å²) in [6.07, 6.45) is 4.56. The third-order valence-electron chi connectivity index (χ3n) is 3.45. The number of amides is 1. The molecule has 1 aliphatic rings. The molecule has 0 aliphatic heterocycles. The molecule has 1 amide bonds. The summed E-state index contributed by atoms with van der Waals surface area (Å²) in [6, 6.07) is 2.05. The van der Waals surface area contributed by atoms with E-state index in [1.165, 1.54) is 12.8 Å². The molecule has 1 aromatic heterocycles. The van der Waals surface area contributed by atoms with Crippen LogP contribution in [0.25, 0.3) is 0 Å². The Morgan fingerprint density at radius 1 is 1.35 bits per heavy atom. The molecule has 0 radical (unpaired) electrons. The van der Waals surface area contributed by atoms with Gasteiger partial charge in [0.15, 0.2) is 0 Å². The summed E-state index contributed by atoms with van der Waals surface area (Å²) in [5, 5.41) is 6.30. The first-order chi connectivity index (χ1) is 9.54. The number of carbonyl (C=O) groups is 1. The van der Waals surface area contributed by atoms with Crippen molar-refractivity contribution in [3.05, 3.63) is 17.6 Å². The number of rotatable bonds is 5. The molecule has 5 nitrogen and oxygen atoms in total. The predicted octanol–water partition coefficient (Wildman–Crippen LogP) is 2.53. The fraction of sp³-hybridized carbons (Fsp3) is 0.667. The summed E-state index contributed by atoms with van der Waals surface area (Å²) in [4.78, 5) is 20.8. The van der Waals surface area contributed by atoms with E-state index in [-0.39, 0.29) is 5.91 Å². The Balaban J connectivity index is 2.04. The molecule has 2 rings (SSSR count). The highest BCUT2D eigenvalue weighted by Gasteiger charge is 2.19. The lowest BCUT2D eigenvalue weighted by atomic mass is 10.2. The van der Waals surface area contributed by atoms with Gasteiger partial charge in [-0.2, -0.15) is 0 Å². The number of hydrogen-bond acceptors (Lipinski definition) is 4. The normalized spacial score (nSPS) is 15.6. The predicted molar refractivity (Wildman–Crippen MR) is 79.8 cm³/mol. The fourth-order valence-electron chi connectivity index (χ4n) is 2.41. The fourth-order valence-corrected chi connectivity index (χ4v) is 2.41. The van der Waals surface area contributed by atoms with Crippen molar-refractivity contribution in [3.8, 4) is 0 Å². The molecule has 1 saturated carbocycles. The summed E-state index contributed by atoms with van der Waals surface area (Å²) in [5.74, 6) is 1.79. The topological polar surface area (TPSA) is 66.9 Å². The van der Waals surface area contributed by atoms with Gasteiger partial charge in [0.2, 0.25) is 0 Å². The average molecular weight is 276 g/mol. The Hall–Kier alpha value is -1.65. The number of aromatic nitrogens is 2. The lowest BCUT2D eigenvalue weighted by Crippen LogP contribution is -2.33. The second-order valence-electron chi connectivity index (χ2n) is 5.92. The van der Waals surface area contributed by atoms with Crippen molar-refractivity contribution in [3.63, 3.8) is 0 Å². The minimum Gasteiger partial charge on any atom is -0.370 e. The Morgan fingerprint density at radius 3 is 2.70 bits per heavy atom. The summed E-state index contributed by atoms with van der Waals surface area (Å²) in [7, 11) is 0. The molecular weight excluding hydrogens is 252 g/mol. The van der Waals surface area contributed by atoms with Gasteiger partial charge in [-0.25, -0.2) is 9.97 Å². The zero-order valence-corrected chi connectivity index (χ0v) is 12.6. The molecule has 20 heavy (non-hydrogen) atoms. The molecule has 1 aliphatic carbocycles. The van der Waals surface area contributed by atoms with Crippen molar-refractivity contribution < 1.29 is 4.79 Å². The van der Waals surface area contributed by atoms with E-state index in [1.54, 1.807) is 6.07 Å². The van der Waals surface area contributed by atoms with Crippen LogP contribution in [-0.2, 0) is 0 Å². The molecule has 1 heterocycles. The van der Waals surface area contributed by atoms with Crippen LogP contribution in [0.3, 0.4) is 0 Å². The molecule has 5 heteroatoms. The maximum absolute atomic E-state index is 12.2. The number of hydrogen-bond donors (Lipinski definition) is 2. The maximum atomic E-state index is 12.2. The van der Waals surface area contributed by atoms with Crippen LogP contribution in [0.1, 0.15) is 55.8 Å². The lowest BCUT2D eigenvalue weighted by molar-refractivity contribution is 0.0932. The zero-order chi connectivity index (χ0) is 14.5. The van der Waals surface area contributed by atoms with E-state index < -0.39 is 0 Å². The van der Waals surface area contributed by atoms with Crippen LogP contribution in [0, 0.1) is 12.8 Å². The maximum Gasteiger partial charge on any atom is 0.270 e. The van der Waals surface area contributed by atoms with Crippen LogP contribution >= 0.6 is 0 Å². The molecule has 0 atom stereocenters. The van der Waals surface area contributed by atoms with Crippen LogP contribution < -0.4 is 10.6 Å². The molecule has 0 unspecified atom stereocenters. The summed E-state index contributed by atoms with van der Waals surface area (Å²) in [5.41, 5.74) is 0.454. The quantitative estimate of drug-likeness (QED) is 0.867. The van der Waals surface area contributed by atoms with Crippen molar-refractivity contribution >= 4 is 11.7 Å². The minimum atomic E-state index is -0.0880. The second-order valence-corrected chi connectivity index (χ2v) is 5.92. The van der Waals surface area contributed by atoms with Crippen molar-refractivity contribution in [2.24, 2.45) is 5.92 Å². The third kappa shape index (κ3) is 4.18. The molecule has 0 saturated heterocycles. The number of nitrogens with zero attached hydrogens (tertiary/aromatic N) is 2. The van der Waals surface area contributed by atoms with Gasteiger partial charge >= 0.3 is 0 Å². The summed E-state index contributed by atoms with van der Waals surface area (Å²) >= 11 is 0. The zero-order valence-electron chi connectivity index (χ0n) is 12.6. The minimum absolute atomic E-state index is 0.0880. The lowest BCUT2D eigenvalue weighted by Gasteiger charge is -2.13. The highest BCUT2D eigenvalue weighted by molar-refractivity contribution is 5.93. The van der Waals surface area contributed by atoms with Gasteiger partial charge < -0.3 is 10.6 Å². The van der Waals surface area contributed by atoms with E-state index in [2.05, 4.69) is 34.4 Å². The summed E-state index contributed by atoms with van der Waals surface area (Å²) in [6.45, 7) is 6.91. The van der Waals surface area contributed by atoms with Gasteiger partial charge in [-0.1, -0.05) is 26.7 Å². The Kier molecular flexibility index (Phi) is 4.93. The van der Waals surface area contributed by atoms with E-state index in [0.717, 1.165) is 25.2 Å². The first-order valence-electron chi connectivity index (χ1n) is 7.45. The molecule has 0 aromatic carbocycles. The monoisotopic (exact) mass is 276 g/mol. The third-order valence-corrected chi connectivity index (χ3v) is 3.45. The van der Waals surface area contributed by atoms with Crippen molar-refractivity contribution in [2.45, 2.75) is 52.5 Å². The Morgan fingerprint density at radius 2 is 2.05 bits per heavy atom. The standard InChI is InChI=1S/C15H24N4O/c1-10(2)9-16-14-8-13(17-11(3)18-14)15(20)19-12-6-4-5-7-12/h8,10,12H,4-7,9H2,1-3H3,(H,19,20)(H,16,17,18). The van der Waals surface area contributed by atoms with Crippen molar-refractivity contribution in [1.82, 2.24) is 15.3 Å². The average Bonchev–Trinajstić information content (AvgIpc) is 2.88. The number of aryl methyl sites for hydroxylation is 1. The van der Waals surface area contributed by atoms with Crippen LogP contribution in [-0.4, -0.2) is 28.5 Å². The SMILES string of the molecule is Cc1nc(NCC(C)C)cc(C(=O)NC2CCCC2)n1. The number of carbonyl (C=O) groups excluding carboxylic acids is 1. The van der Waals surface area contributed by atoms with Gasteiger partial charge in [0, 0.05) is 18.7 Å². The summed E-state index contributed by atoms with van der Waals surface area (Å²) < 4.78 is 0. The van der Waals surface area contributed by atoms with Crippen LogP contribution in [0.4, 0.5) is 5.82 Å². The Bertz CT molecular complexity index is 467. The molecule has 2 N–H and O–H groups in total. The number of nitrogens with one attached hydrogen (secondary N) is 2. The van der Waals surface area contributed by atoms with E-state index in [1.807, 2.05) is 6.92 Å². The van der Waals surface area contributed by atoms with Gasteiger partial charge in [-0.15, -0.1) is 0 Å². The van der Waals surface area contributed by atoms with E-state index in [4.69, 9.17) is 0 Å². The largest absolute Gasteiger partial charge is 0.370 e. The highest BCUT2D eigenvalue weighted by Crippen LogP contribution is 2.18. The van der Waals surface area contributed by atoms with Crippen molar-refractivity contribution in [1.29, 1.82) is 0 Å². The molecule has 0 bridgehead atoms. The molecule has 1 aromatic rings. The first-order valence-corrected chi connectivity index (χ1v) is 7.45. The Labute approximate surface area is 120 Å². The van der Waals surface area contributed by atoms with Crippen LogP contribution in [0.2, 0.25) is 0 Å². The van der Waals surface area contributed by atoms with Gasteiger partial charge in [-0.3, -0.25) is 4.79 Å². The first kappa shape index (κ1) is 14.8. The van der Waals surface area contributed by atoms with Crippen LogP contribution in [0.15, 0.2) is 6.07 Å². The van der Waals surface area contributed by atoms with Crippen molar-refractivity contribution in [2.75, 3.05) is 11.9 Å². The smallest absolute Gasteiger partial charge is 0.270 e. The molecule has 110 valence electrons. The van der Waals surface area contributed by atoms with Gasteiger partial charge in [0.05, 0.1) is 0 Å². The van der Waals surface area contributed by atoms with Gasteiger partial charge in [0.25, 0.3) is 5.91 Å². The molecular formula is C15H24N4O.